The molecule has 2 aromatic carbocycles. The lowest BCUT2D eigenvalue weighted by Gasteiger charge is -2.47. The average Bonchev–Trinajstić information content (AvgIpc) is 3.42. The summed E-state index contributed by atoms with van der Waals surface area (Å²) in [7, 11) is 0. The van der Waals surface area contributed by atoms with Gasteiger partial charge in [0.1, 0.15) is 18.4 Å². The molecule has 0 aliphatic carbocycles. The van der Waals surface area contributed by atoms with Crippen LogP contribution in [0.3, 0.4) is 0 Å². The Morgan fingerprint density at radius 2 is 1.63 bits per heavy atom. The minimum absolute atomic E-state index is 0.0132. The standard InChI is InChI=1S/C24H22N2O4/c27-23-20(15-25-19(16-30-24(25)28)14-17-8-3-1-4-9-17)22(21-12-7-13-29-21)26(23)18-10-5-2-6-11-18/h1-13,19-20,22H,14-16H2/t19-,20+,22-/m0/s1. The summed E-state index contributed by atoms with van der Waals surface area (Å²) in [5.74, 6) is 0.330. The number of furan rings is 1. The molecule has 0 spiro atoms. The SMILES string of the molecule is O=C1OC[C@H](Cc2ccccc2)N1C[C@H]1C(=O)N(c2ccccc2)[C@@H]1c1ccco1. The van der Waals surface area contributed by atoms with Gasteiger partial charge in [-0.05, 0) is 36.2 Å². The van der Waals surface area contributed by atoms with Crippen LogP contribution in [0.5, 0.6) is 0 Å². The van der Waals surface area contributed by atoms with Crippen LogP contribution in [0.4, 0.5) is 10.5 Å². The number of carbonyl (C=O) groups is 2. The van der Waals surface area contributed by atoms with Gasteiger partial charge < -0.3 is 19.0 Å². The molecule has 2 fully saturated rings. The van der Waals surface area contributed by atoms with E-state index in [9.17, 15) is 9.59 Å². The summed E-state index contributed by atoms with van der Waals surface area (Å²) >= 11 is 0. The van der Waals surface area contributed by atoms with Crippen molar-refractivity contribution < 1.29 is 18.7 Å². The van der Waals surface area contributed by atoms with E-state index < -0.39 is 0 Å². The molecule has 1 aromatic heterocycles. The van der Waals surface area contributed by atoms with Crippen molar-refractivity contribution in [2.45, 2.75) is 18.5 Å². The predicted octanol–water partition coefficient (Wildman–Crippen LogP) is 4.05. The Hall–Kier alpha value is -3.54. The topological polar surface area (TPSA) is 63.0 Å². The van der Waals surface area contributed by atoms with E-state index in [2.05, 4.69) is 0 Å². The Morgan fingerprint density at radius 1 is 0.900 bits per heavy atom. The van der Waals surface area contributed by atoms with E-state index in [-0.39, 0.29) is 30.0 Å². The van der Waals surface area contributed by atoms with Crippen molar-refractivity contribution in [3.05, 3.63) is 90.4 Å². The highest BCUT2D eigenvalue weighted by molar-refractivity contribution is 6.03. The highest BCUT2D eigenvalue weighted by atomic mass is 16.6. The Labute approximate surface area is 174 Å². The fraction of sp³-hybridized carbons (Fsp3) is 0.250. The highest BCUT2D eigenvalue weighted by Gasteiger charge is 2.52. The maximum Gasteiger partial charge on any atom is 0.410 e. The van der Waals surface area contributed by atoms with Crippen molar-refractivity contribution in [3.63, 3.8) is 0 Å². The van der Waals surface area contributed by atoms with Crippen LogP contribution in [-0.2, 0) is 16.0 Å². The Bertz CT molecular complexity index is 1020. The molecule has 0 radical (unpaired) electrons. The minimum atomic E-state index is -0.375. The summed E-state index contributed by atoms with van der Waals surface area (Å²) in [5, 5.41) is 0. The lowest BCUT2D eigenvalue weighted by molar-refractivity contribution is -0.131. The van der Waals surface area contributed by atoms with Gasteiger partial charge in [-0.3, -0.25) is 4.79 Å². The number of ether oxygens (including phenoxy) is 1. The molecule has 2 saturated heterocycles. The van der Waals surface area contributed by atoms with Gasteiger partial charge in [0, 0.05) is 12.2 Å². The van der Waals surface area contributed by atoms with Crippen LogP contribution in [0.15, 0.2) is 83.5 Å². The second-order valence-electron chi connectivity index (χ2n) is 7.68. The van der Waals surface area contributed by atoms with Crippen LogP contribution < -0.4 is 4.90 Å². The number of nitrogens with zero attached hydrogens (tertiary/aromatic N) is 2. The van der Waals surface area contributed by atoms with Gasteiger partial charge in [-0.15, -0.1) is 0 Å². The average molecular weight is 402 g/mol. The number of cyclic esters (lactones) is 1. The molecular formula is C24H22N2O4. The molecule has 2 amide bonds. The van der Waals surface area contributed by atoms with Crippen LogP contribution >= 0.6 is 0 Å². The molecule has 3 heterocycles. The second-order valence-corrected chi connectivity index (χ2v) is 7.68. The van der Waals surface area contributed by atoms with Crippen molar-refractivity contribution in [3.8, 4) is 0 Å². The number of hydrogen-bond acceptors (Lipinski definition) is 4. The summed E-state index contributed by atoms with van der Waals surface area (Å²) in [4.78, 5) is 29.0. The summed E-state index contributed by atoms with van der Waals surface area (Å²) in [5.41, 5.74) is 1.96. The van der Waals surface area contributed by atoms with Gasteiger partial charge in [0.15, 0.2) is 0 Å². The Balaban J connectivity index is 1.38. The van der Waals surface area contributed by atoms with Crippen molar-refractivity contribution in [2.75, 3.05) is 18.1 Å². The normalized spacial score (nSPS) is 23.4. The number of benzene rings is 2. The minimum Gasteiger partial charge on any atom is -0.467 e. The van der Waals surface area contributed by atoms with E-state index in [0.717, 1.165) is 17.0 Å². The van der Waals surface area contributed by atoms with Crippen LogP contribution in [0.1, 0.15) is 17.4 Å². The van der Waals surface area contributed by atoms with E-state index in [1.807, 2.05) is 72.8 Å². The maximum atomic E-state index is 13.1. The molecule has 5 rings (SSSR count). The fourth-order valence-electron chi connectivity index (χ4n) is 4.37. The summed E-state index contributed by atoms with van der Waals surface area (Å²) in [6.07, 6.45) is 1.95. The molecule has 0 saturated carbocycles. The zero-order valence-electron chi connectivity index (χ0n) is 16.4. The Morgan fingerprint density at radius 3 is 2.33 bits per heavy atom. The fourth-order valence-corrected chi connectivity index (χ4v) is 4.37. The van der Waals surface area contributed by atoms with Gasteiger partial charge in [-0.25, -0.2) is 4.79 Å². The van der Waals surface area contributed by atoms with Crippen molar-refractivity contribution >= 4 is 17.7 Å². The molecule has 152 valence electrons. The molecule has 0 unspecified atom stereocenters. The van der Waals surface area contributed by atoms with E-state index in [0.29, 0.717) is 19.6 Å². The van der Waals surface area contributed by atoms with E-state index >= 15 is 0 Å². The first-order chi connectivity index (χ1) is 14.7. The molecule has 3 atom stereocenters. The van der Waals surface area contributed by atoms with Crippen molar-refractivity contribution in [1.82, 2.24) is 4.90 Å². The van der Waals surface area contributed by atoms with Gasteiger partial charge >= 0.3 is 6.09 Å². The largest absolute Gasteiger partial charge is 0.467 e. The third-order valence-electron chi connectivity index (χ3n) is 5.87. The second kappa shape index (κ2) is 7.71. The summed E-state index contributed by atoms with van der Waals surface area (Å²) < 4.78 is 11.0. The van der Waals surface area contributed by atoms with Crippen LogP contribution in [0, 0.1) is 5.92 Å². The molecule has 6 nitrogen and oxygen atoms in total. The van der Waals surface area contributed by atoms with E-state index in [1.165, 1.54) is 0 Å². The van der Waals surface area contributed by atoms with Crippen molar-refractivity contribution in [2.24, 2.45) is 5.92 Å². The third kappa shape index (κ3) is 3.24. The predicted molar refractivity (Wildman–Crippen MR) is 111 cm³/mol. The number of anilines is 1. The number of rotatable bonds is 6. The molecule has 0 N–H and O–H groups in total. The van der Waals surface area contributed by atoms with Gasteiger partial charge in [0.2, 0.25) is 5.91 Å². The number of para-hydroxylation sites is 1. The van der Waals surface area contributed by atoms with Crippen LogP contribution in [0.2, 0.25) is 0 Å². The first kappa shape index (κ1) is 18.5. The molecular weight excluding hydrogens is 380 g/mol. The van der Waals surface area contributed by atoms with Gasteiger partial charge in [-0.2, -0.15) is 0 Å². The lowest BCUT2D eigenvalue weighted by Crippen LogP contribution is -2.59. The van der Waals surface area contributed by atoms with Crippen LogP contribution in [0.25, 0.3) is 0 Å². The smallest absolute Gasteiger partial charge is 0.410 e. The van der Waals surface area contributed by atoms with Gasteiger partial charge in [0.25, 0.3) is 0 Å². The zero-order valence-corrected chi connectivity index (χ0v) is 16.4. The summed E-state index contributed by atoms with van der Waals surface area (Å²) in [6, 6.07) is 22.9. The number of β-lactam (4-membered cyclic amide) rings is 1. The molecule has 2 aliphatic rings. The van der Waals surface area contributed by atoms with Crippen LogP contribution in [-0.4, -0.2) is 36.1 Å². The molecule has 2 aliphatic heterocycles. The summed E-state index contributed by atoms with van der Waals surface area (Å²) in [6.45, 7) is 0.645. The number of carbonyl (C=O) groups excluding carboxylic acids is 2. The first-order valence-corrected chi connectivity index (χ1v) is 10.1. The zero-order chi connectivity index (χ0) is 20.5. The van der Waals surface area contributed by atoms with E-state index in [4.69, 9.17) is 9.15 Å². The lowest BCUT2D eigenvalue weighted by atomic mass is 9.84. The molecule has 30 heavy (non-hydrogen) atoms. The number of hydrogen-bond donors (Lipinski definition) is 0. The molecule has 0 bridgehead atoms. The molecule has 3 aromatic rings. The number of amides is 2. The van der Waals surface area contributed by atoms with Gasteiger partial charge in [-0.1, -0.05) is 48.5 Å². The van der Waals surface area contributed by atoms with Crippen molar-refractivity contribution in [1.29, 1.82) is 0 Å². The van der Waals surface area contributed by atoms with E-state index in [1.54, 1.807) is 16.1 Å². The Kier molecular flexibility index (Phi) is 4.75. The monoisotopic (exact) mass is 402 g/mol. The third-order valence-corrected chi connectivity index (χ3v) is 5.87. The van der Waals surface area contributed by atoms with Gasteiger partial charge in [0.05, 0.1) is 18.2 Å². The molecule has 6 heteroatoms. The quantitative estimate of drug-likeness (QED) is 0.584. The first-order valence-electron chi connectivity index (χ1n) is 10.1. The highest BCUT2D eigenvalue weighted by Crippen LogP contribution is 2.44. The maximum absolute atomic E-state index is 13.1.